The first-order valence-corrected chi connectivity index (χ1v) is 4.55. The molecule has 0 atom stereocenters. The molecule has 12 heavy (non-hydrogen) atoms. The van der Waals surface area contributed by atoms with E-state index in [2.05, 4.69) is 19.6 Å². The lowest BCUT2D eigenvalue weighted by molar-refractivity contribution is 1.11. The molecule has 64 valence electrons. The van der Waals surface area contributed by atoms with Crippen LogP contribution in [0.3, 0.4) is 0 Å². The van der Waals surface area contributed by atoms with Gasteiger partial charge in [-0.1, -0.05) is 18.3 Å². The summed E-state index contributed by atoms with van der Waals surface area (Å²) in [5, 5.41) is 3.86. The van der Waals surface area contributed by atoms with Crippen LogP contribution in [0.4, 0.5) is 0 Å². The van der Waals surface area contributed by atoms with E-state index in [4.69, 9.17) is 0 Å². The zero-order valence-electron chi connectivity index (χ0n) is 7.27. The summed E-state index contributed by atoms with van der Waals surface area (Å²) in [5.41, 5.74) is 1.70. The van der Waals surface area contributed by atoms with Crippen LogP contribution in [0.2, 0.25) is 0 Å². The second kappa shape index (κ2) is 4.06. The maximum atomic E-state index is 3.98. The van der Waals surface area contributed by atoms with Crippen molar-refractivity contribution in [3.05, 3.63) is 12.0 Å². The highest BCUT2D eigenvalue weighted by molar-refractivity contribution is 7.12. The molecule has 0 unspecified atom stereocenters. The minimum atomic E-state index is 0.813. The lowest BCUT2D eigenvalue weighted by Gasteiger charge is -1.86. The largest absolute Gasteiger partial charge is 0.239 e. The molecule has 0 aliphatic carbocycles. The Morgan fingerprint density at radius 2 is 2.00 bits per heavy atom. The number of hydrogen-bond donors (Lipinski definition) is 0. The molecule has 0 radical (unpaired) electrons. The zero-order chi connectivity index (χ0) is 8.97. The van der Waals surface area contributed by atoms with Gasteiger partial charge in [0.2, 0.25) is 0 Å². The monoisotopic (exact) mass is 182 g/mol. The highest BCUT2D eigenvalue weighted by atomic mass is 32.1. The molecule has 0 N–H and O–H groups in total. The molecule has 5 heteroatoms. The van der Waals surface area contributed by atoms with Crippen LogP contribution in [-0.4, -0.2) is 19.6 Å². The molecular formula is C7H10N4S. The molecule has 0 aliphatic rings. The molecule has 2 aromatic heterocycles. The van der Waals surface area contributed by atoms with Gasteiger partial charge in [-0.3, -0.25) is 0 Å². The molecule has 0 aliphatic heterocycles. The highest BCUT2D eigenvalue weighted by Crippen LogP contribution is 2.12. The van der Waals surface area contributed by atoms with Gasteiger partial charge in [0, 0.05) is 11.5 Å². The van der Waals surface area contributed by atoms with Crippen molar-refractivity contribution in [2.75, 3.05) is 0 Å². The van der Waals surface area contributed by atoms with E-state index < -0.39 is 0 Å². The number of aromatic nitrogens is 4. The van der Waals surface area contributed by atoms with Crippen LogP contribution in [0.25, 0.3) is 10.3 Å². The Morgan fingerprint density at radius 1 is 1.25 bits per heavy atom. The lowest BCUT2D eigenvalue weighted by atomic mass is 10.4. The number of hydrogen-bond acceptors (Lipinski definition) is 5. The second-order valence-electron chi connectivity index (χ2n) is 1.89. The van der Waals surface area contributed by atoms with Gasteiger partial charge in [-0.2, -0.15) is 0 Å². The molecule has 0 amide bonds. The minimum absolute atomic E-state index is 0.813. The van der Waals surface area contributed by atoms with Gasteiger partial charge in [0.25, 0.3) is 0 Å². The van der Waals surface area contributed by atoms with Crippen LogP contribution >= 0.6 is 11.5 Å². The Morgan fingerprint density at radius 3 is 2.67 bits per heavy atom. The number of fused-ring (bicyclic) bond motifs is 1. The Kier molecular flexibility index (Phi) is 3.04. The van der Waals surface area contributed by atoms with Gasteiger partial charge in [0.05, 0.1) is 5.69 Å². The van der Waals surface area contributed by atoms with Gasteiger partial charge in [0.1, 0.15) is 11.8 Å². The molecule has 2 heterocycles. The zero-order valence-corrected chi connectivity index (χ0v) is 8.09. The Bertz CT molecular complexity index is 357. The summed E-state index contributed by atoms with van der Waals surface area (Å²) < 4.78 is 3.75. The standard InChI is InChI=1S/C5H4N4S.C2H6/c1-3-4-5(7-2-6-3)10-9-8-4;1-2/h2H,1H3;1-2H3. The topological polar surface area (TPSA) is 51.6 Å². The lowest BCUT2D eigenvalue weighted by Crippen LogP contribution is -1.83. The van der Waals surface area contributed by atoms with E-state index in [1.54, 1.807) is 0 Å². The first-order valence-electron chi connectivity index (χ1n) is 3.77. The van der Waals surface area contributed by atoms with Crippen LogP contribution in [-0.2, 0) is 0 Å². The van der Waals surface area contributed by atoms with Crippen LogP contribution < -0.4 is 0 Å². The molecule has 0 bridgehead atoms. The van der Waals surface area contributed by atoms with E-state index in [0.717, 1.165) is 16.0 Å². The van der Waals surface area contributed by atoms with E-state index in [-0.39, 0.29) is 0 Å². The Labute approximate surface area is 74.8 Å². The van der Waals surface area contributed by atoms with E-state index >= 15 is 0 Å². The average molecular weight is 182 g/mol. The minimum Gasteiger partial charge on any atom is -0.239 e. The van der Waals surface area contributed by atoms with Crippen molar-refractivity contribution in [2.45, 2.75) is 20.8 Å². The van der Waals surface area contributed by atoms with Crippen LogP contribution in [0, 0.1) is 6.92 Å². The molecule has 0 saturated carbocycles. The van der Waals surface area contributed by atoms with Gasteiger partial charge in [-0.15, -0.1) is 5.10 Å². The van der Waals surface area contributed by atoms with Gasteiger partial charge in [0.15, 0.2) is 4.83 Å². The molecular weight excluding hydrogens is 172 g/mol. The predicted molar refractivity (Wildman–Crippen MR) is 49.1 cm³/mol. The van der Waals surface area contributed by atoms with Crippen LogP contribution in [0.15, 0.2) is 6.33 Å². The normalized spacial score (nSPS) is 9.25. The summed E-state index contributed by atoms with van der Waals surface area (Å²) in [6.45, 7) is 5.89. The Hall–Kier alpha value is -1.10. The van der Waals surface area contributed by atoms with Gasteiger partial charge in [-0.05, 0) is 6.92 Å². The number of nitrogens with zero attached hydrogens (tertiary/aromatic N) is 4. The third kappa shape index (κ3) is 1.55. The fraction of sp³-hybridized carbons (Fsp3) is 0.429. The predicted octanol–water partition coefficient (Wildman–Crippen LogP) is 1.82. The summed E-state index contributed by atoms with van der Waals surface area (Å²) >= 11 is 1.29. The molecule has 4 nitrogen and oxygen atoms in total. The molecule has 0 spiro atoms. The Balaban J connectivity index is 0.000000336. The van der Waals surface area contributed by atoms with Crippen LogP contribution in [0.5, 0.6) is 0 Å². The number of aryl methyl sites for hydroxylation is 1. The van der Waals surface area contributed by atoms with E-state index in [9.17, 15) is 0 Å². The molecule has 2 rings (SSSR count). The summed E-state index contributed by atoms with van der Waals surface area (Å²) in [6.07, 6.45) is 1.53. The summed E-state index contributed by atoms with van der Waals surface area (Å²) in [6, 6.07) is 0. The van der Waals surface area contributed by atoms with E-state index in [0.29, 0.717) is 0 Å². The first kappa shape index (κ1) is 8.99. The van der Waals surface area contributed by atoms with Crippen molar-refractivity contribution in [3.63, 3.8) is 0 Å². The van der Waals surface area contributed by atoms with E-state index in [1.165, 1.54) is 17.9 Å². The SMILES string of the molecule is CC.Cc1ncnc2snnc12. The van der Waals surface area contributed by atoms with Gasteiger partial charge in [-0.25, -0.2) is 9.97 Å². The summed E-state index contributed by atoms with van der Waals surface area (Å²) in [4.78, 5) is 8.81. The second-order valence-corrected chi connectivity index (χ2v) is 2.62. The van der Waals surface area contributed by atoms with Crippen molar-refractivity contribution in [2.24, 2.45) is 0 Å². The molecule has 0 fully saturated rings. The summed E-state index contributed by atoms with van der Waals surface area (Å²) in [7, 11) is 0. The number of rotatable bonds is 0. The van der Waals surface area contributed by atoms with Crippen molar-refractivity contribution < 1.29 is 0 Å². The fourth-order valence-corrected chi connectivity index (χ4v) is 1.30. The third-order valence-electron chi connectivity index (χ3n) is 1.24. The third-order valence-corrected chi connectivity index (χ3v) is 1.87. The maximum Gasteiger partial charge on any atom is 0.167 e. The fourth-order valence-electron chi connectivity index (χ4n) is 0.727. The van der Waals surface area contributed by atoms with Crippen molar-refractivity contribution >= 4 is 21.9 Å². The first-order chi connectivity index (χ1) is 5.88. The quantitative estimate of drug-likeness (QED) is 0.623. The van der Waals surface area contributed by atoms with Crippen molar-refractivity contribution in [1.29, 1.82) is 0 Å². The van der Waals surface area contributed by atoms with Gasteiger partial charge < -0.3 is 0 Å². The average Bonchev–Trinajstić information content (AvgIpc) is 2.57. The van der Waals surface area contributed by atoms with Gasteiger partial charge >= 0.3 is 0 Å². The van der Waals surface area contributed by atoms with Crippen molar-refractivity contribution in [1.82, 2.24) is 19.6 Å². The molecule has 2 aromatic rings. The molecule has 0 aromatic carbocycles. The summed E-state index contributed by atoms with van der Waals surface area (Å²) in [5.74, 6) is 0. The van der Waals surface area contributed by atoms with E-state index in [1.807, 2.05) is 20.8 Å². The van der Waals surface area contributed by atoms with Crippen molar-refractivity contribution in [3.8, 4) is 0 Å². The maximum absolute atomic E-state index is 3.98. The van der Waals surface area contributed by atoms with Crippen LogP contribution in [0.1, 0.15) is 19.5 Å². The molecule has 0 saturated heterocycles. The smallest absolute Gasteiger partial charge is 0.167 e. The highest BCUT2D eigenvalue weighted by Gasteiger charge is 2.01.